The van der Waals surface area contributed by atoms with Crippen molar-refractivity contribution < 1.29 is 9.53 Å². The number of nitrogens with two attached hydrogens (primary N) is 1. The molecule has 1 unspecified atom stereocenters. The zero-order valence-corrected chi connectivity index (χ0v) is 11.8. The lowest BCUT2D eigenvalue weighted by Gasteiger charge is -2.18. The summed E-state index contributed by atoms with van der Waals surface area (Å²) in [5, 5.41) is 3.26. The summed E-state index contributed by atoms with van der Waals surface area (Å²) in [6, 6.07) is 7.26. The van der Waals surface area contributed by atoms with Gasteiger partial charge in [-0.25, -0.2) is 0 Å². The molecular formula is C12H18Cl2N2O2. The van der Waals surface area contributed by atoms with Crippen LogP contribution >= 0.6 is 24.0 Å². The highest BCUT2D eigenvalue weighted by Crippen LogP contribution is 2.24. The average Bonchev–Trinajstić information content (AvgIpc) is 2.36. The molecule has 0 spiro atoms. The highest BCUT2D eigenvalue weighted by atomic mass is 35.5. The Morgan fingerprint density at radius 1 is 1.50 bits per heavy atom. The number of rotatable bonds is 6. The van der Waals surface area contributed by atoms with Crippen molar-refractivity contribution in [3.8, 4) is 5.75 Å². The van der Waals surface area contributed by atoms with Gasteiger partial charge in [0.2, 0.25) is 5.91 Å². The average molecular weight is 293 g/mol. The van der Waals surface area contributed by atoms with E-state index >= 15 is 0 Å². The van der Waals surface area contributed by atoms with Gasteiger partial charge in [-0.3, -0.25) is 4.79 Å². The van der Waals surface area contributed by atoms with Crippen LogP contribution in [0.15, 0.2) is 24.3 Å². The van der Waals surface area contributed by atoms with Gasteiger partial charge in [-0.2, -0.15) is 0 Å². The molecule has 1 aromatic rings. The Morgan fingerprint density at radius 2 is 2.17 bits per heavy atom. The Labute approximate surface area is 118 Å². The third-order valence-corrected chi connectivity index (χ3v) is 2.61. The fourth-order valence-electron chi connectivity index (χ4n) is 1.29. The van der Waals surface area contributed by atoms with E-state index in [4.69, 9.17) is 22.1 Å². The third-order valence-electron chi connectivity index (χ3n) is 2.30. The van der Waals surface area contributed by atoms with Crippen molar-refractivity contribution in [2.45, 2.75) is 19.4 Å². The van der Waals surface area contributed by atoms with Crippen molar-refractivity contribution in [2.75, 3.05) is 13.1 Å². The van der Waals surface area contributed by atoms with E-state index < -0.39 is 0 Å². The van der Waals surface area contributed by atoms with Crippen LogP contribution < -0.4 is 15.8 Å². The number of halogens is 2. The molecule has 18 heavy (non-hydrogen) atoms. The second-order valence-corrected chi connectivity index (χ2v) is 3.99. The first-order valence-corrected chi connectivity index (χ1v) is 5.93. The summed E-state index contributed by atoms with van der Waals surface area (Å²) in [6.45, 7) is 2.40. The Morgan fingerprint density at radius 3 is 2.72 bits per heavy atom. The molecule has 0 aliphatic carbocycles. The summed E-state index contributed by atoms with van der Waals surface area (Å²) >= 11 is 5.98. The fourth-order valence-corrected chi connectivity index (χ4v) is 1.47. The van der Waals surface area contributed by atoms with Crippen LogP contribution in [-0.4, -0.2) is 25.1 Å². The van der Waals surface area contributed by atoms with E-state index in [0.29, 0.717) is 17.3 Å². The van der Waals surface area contributed by atoms with Crippen molar-refractivity contribution in [1.82, 2.24) is 5.32 Å². The molecule has 0 aromatic heterocycles. The van der Waals surface area contributed by atoms with E-state index in [2.05, 4.69) is 5.32 Å². The lowest BCUT2D eigenvalue weighted by molar-refractivity contribution is -0.120. The van der Waals surface area contributed by atoms with Crippen molar-refractivity contribution in [1.29, 1.82) is 0 Å². The van der Waals surface area contributed by atoms with Gasteiger partial charge in [-0.05, 0) is 18.6 Å². The number of hydrogen-bond acceptors (Lipinski definition) is 3. The first kappa shape index (κ1) is 17.0. The smallest absolute Gasteiger partial charge is 0.233 e. The molecule has 0 heterocycles. The molecule has 1 aromatic carbocycles. The van der Waals surface area contributed by atoms with Gasteiger partial charge >= 0.3 is 0 Å². The van der Waals surface area contributed by atoms with Gasteiger partial charge in [-0.1, -0.05) is 30.7 Å². The van der Waals surface area contributed by atoms with E-state index in [0.717, 1.165) is 6.42 Å². The summed E-state index contributed by atoms with van der Waals surface area (Å²) in [6.07, 6.45) is 0.668. The maximum absolute atomic E-state index is 11.0. The molecule has 1 rings (SSSR count). The third kappa shape index (κ3) is 5.58. The minimum Gasteiger partial charge on any atom is -0.487 e. The second kappa shape index (κ2) is 9.03. The van der Waals surface area contributed by atoms with Gasteiger partial charge in [-0.15, -0.1) is 12.4 Å². The molecule has 4 nitrogen and oxygen atoms in total. The van der Waals surface area contributed by atoms with Gasteiger partial charge in [0.1, 0.15) is 11.9 Å². The largest absolute Gasteiger partial charge is 0.487 e. The van der Waals surface area contributed by atoms with Crippen LogP contribution in [0.2, 0.25) is 5.02 Å². The molecule has 0 saturated heterocycles. The predicted octanol–water partition coefficient (Wildman–Crippen LogP) is 1.99. The molecule has 1 atom stereocenters. The molecule has 1 amide bonds. The maximum atomic E-state index is 11.0. The molecule has 0 saturated carbocycles. The summed E-state index contributed by atoms with van der Waals surface area (Å²) in [4.78, 5) is 11.0. The summed E-state index contributed by atoms with van der Waals surface area (Å²) < 4.78 is 5.70. The van der Waals surface area contributed by atoms with Crippen molar-refractivity contribution in [2.24, 2.45) is 5.73 Å². The number of carbonyl (C=O) groups is 1. The quantitative estimate of drug-likeness (QED) is 0.843. The Balaban J connectivity index is 0.00000289. The number of ether oxygens (including phenoxy) is 1. The summed E-state index contributed by atoms with van der Waals surface area (Å²) in [5.41, 5.74) is 5.20. The Hall–Kier alpha value is -0.970. The standard InChI is InChI=1S/C12H17ClN2O2.ClH/c1-2-9(8-15-12(16)7-14)17-11-6-4-3-5-10(11)13;/h3-6,9H,2,7-8,14H2,1H3,(H,15,16);1H. The van der Waals surface area contributed by atoms with Gasteiger partial charge in [0, 0.05) is 0 Å². The fraction of sp³-hybridized carbons (Fsp3) is 0.417. The molecule has 0 bridgehead atoms. The number of amides is 1. The molecule has 0 radical (unpaired) electrons. The van der Waals surface area contributed by atoms with E-state index in [1.807, 2.05) is 19.1 Å². The van der Waals surface area contributed by atoms with Crippen molar-refractivity contribution in [3.63, 3.8) is 0 Å². The van der Waals surface area contributed by atoms with Crippen LogP contribution in [0.5, 0.6) is 5.75 Å². The molecule has 6 heteroatoms. The van der Waals surface area contributed by atoms with Crippen molar-refractivity contribution in [3.05, 3.63) is 29.3 Å². The van der Waals surface area contributed by atoms with Crippen LogP contribution in [-0.2, 0) is 4.79 Å². The molecule has 3 N–H and O–H groups in total. The number of carbonyl (C=O) groups excluding carboxylic acids is 1. The minimum atomic E-state index is -0.189. The lowest BCUT2D eigenvalue weighted by Crippen LogP contribution is -2.38. The zero-order valence-electron chi connectivity index (χ0n) is 10.2. The monoisotopic (exact) mass is 292 g/mol. The van der Waals surface area contributed by atoms with Gasteiger partial charge < -0.3 is 15.8 Å². The highest BCUT2D eigenvalue weighted by molar-refractivity contribution is 6.32. The van der Waals surface area contributed by atoms with Crippen LogP contribution in [0.3, 0.4) is 0 Å². The lowest BCUT2D eigenvalue weighted by atomic mass is 10.2. The van der Waals surface area contributed by atoms with Gasteiger partial charge in [0.15, 0.2) is 0 Å². The molecule has 0 fully saturated rings. The van der Waals surface area contributed by atoms with Crippen LogP contribution in [0, 0.1) is 0 Å². The zero-order chi connectivity index (χ0) is 12.7. The van der Waals surface area contributed by atoms with Crippen LogP contribution in [0.4, 0.5) is 0 Å². The topological polar surface area (TPSA) is 64.4 Å². The first-order chi connectivity index (χ1) is 8.17. The first-order valence-electron chi connectivity index (χ1n) is 5.55. The van der Waals surface area contributed by atoms with E-state index in [1.165, 1.54) is 0 Å². The normalized spacial score (nSPS) is 11.3. The van der Waals surface area contributed by atoms with E-state index in [1.54, 1.807) is 12.1 Å². The number of hydrogen-bond donors (Lipinski definition) is 2. The molecule has 0 aliphatic heterocycles. The number of nitrogens with one attached hydrogen (secondary N) is 1. The molecular weight excluding hydrogens is 275 g/mol. The Bertz CT molecular complexity index is 375. The Kier molecular flexibility index (Phi) is 8.54. The summed E-state index contributed by atoms with van der Waals surface area (Å²) in [7, 11) is 0. The van der Waals surface area contributed by atoms with Gasteiger partial charge in [0.05, 0.1) is 18.1 Å². The van der Waals surface area contributed by atoms with E-state index in [-0.39, 0.29) is 31.0 Å². The maximum Gasteiger partial charge on any atom is 0.233 e. The number of para-hydroxylation sites is 1. The minimum absolute atomic E-state index is 0. The highest BCUT2D eigenvalue weighted by Gasteiger charge is 2.11. The SMILES string of the molecule is CCC(CNC(=O)CN)Oc1ccccc1Cl.Cl. The molecule has 0 aliphatic rings. The van der Waals surface area contributed by atoms with Crippen molar-refractivity contribution >= 4 is 29.9 Å². The van der Waals surface area contributed by atoms with Crippen LogP contribution in [0.25, 0.3) is 0 Å². The second-order valence-electron chi connectivity index (χ2n) is 3.59. The van der Waals surface area contributed by atoms with Gasteiger partial charge in [0.25, 0.3) is 0 Å². The van der Waals surface area contributed by atoms with E-state index in [9.17, 15) is 4.79 Å². The van der Waals surface area contributed by atoms with Crippen LogP contribution in [0.1, 0.15) is 13.3 Å². The number of benzene rings is 1. The molecule has 102 valence electrons. The predicted molar refractivity (Wildman–Crippen MR) is 75.5 cm³/mol. The summed E-state index contributed by atoms with van der Waals surface area (Å²) in [5.74, 6) is 0.439.